The highest BCUT2D eigenvalue weighted by Gasteiger charge is 2.35. The molecule has 0 fully saturated rings. The number of carbonyl (C=O) groups is 1. The summed E-state index contributed by atoms with van der Waals surface area (Å²) in [5.41, 5.74) is 6.25. The van der Waals surface area contributed by atoms with Crippen LogP contribution in [0, 0.1) is 0 Å². The summed E-state index contributed by atoms with van der Waals surface area (Å²) in [5, 5.41) is 14.7. The smallest absolute Gasteiger partial charge is 0.199 e. The summed E-state index contributed by atoms with van der Waals surface area (Å²) in [7, 11) is 0. The molecule has 1 aliphatic carbocycles. The number of carbonyl (C=O) groups excluding carboxylic acids is 1. The summed E-state index contributed by atoms with van der Waals surface area (Å²) >= 11 is 0. The highest BCUT2D eigenvalue weighted by molar-refractivity contribution is 6.35. The number of nitrogens with zero attached hydrogens (tertiary/aromatic N) is 1. The lowest BCUT2D eigenvalue weighted by molar-refractivity contribution is 0.104. The molecule has 0 radical (unpaired) electrons. The van der Waals surface area contributed by atoms with Gasteiger partial charge in [-0.1, -0.05) is 54.6 Å². The van der Waals surface area contributed by atoms with E-state index in [1.165, 1.54) is 0 Å². The summed E-state index contributed by atoms with van der Waals surface area (Å²) in [4.78, 5) is 12.5. The number of allylic oxidation sites excluding steroid dienone is 1. The van der Waals surface area contributed by atoms with Crippen LogP contribution in [-0.4, -0.2) is 16.6 Å². The lowest BCUT2D eigenvalue weighted by Gasteiger charge is -2.09. The fourth-order valence-corrected chi connectivity index (χ4v) is 3.01. The van der Waals surface area contributed by atoms with Crippen LogP contribution in [0.25, 0.3) is 5.76 Å². The number of ketones is 1. The second-order valence-corrected chi connectivity index (χ2v) is 5.45. The number of nitrogens with one attached hydrogen (secondary N) is 1. The Hall–Kier alpha value is -2.88. The highest BCUT2D eigenvalue weighted by atomic mass is 16.3. The Morgan fingerprint density at radius 2 is 1.68 bits per heavy atom. The van der Waals surface area contributed by atoms with Gasteiger partial charge in [0.1, 0.15) is 5.76 Å². The van der Waals surface area contributed by atoms with Gasteiger partial charge in [-0.2, -0.15) is 5.10 Å². The zero-order valence-corrected chi connectivity index (χ0v) is 11.8. The van der Waals surface area contributed by atoms with Gasteiger partial charge in [0, 0.05) is 17.5 Å². The second-order valence-electron chi connectivity index (χ2n) is 5.45. The van der Waals surface area contributed by atoms with E-state index in [1.807, 2.05) is 36.4 Å². The average molecular weight is 290 g/mol. The standard InChI is InChI=1S/C18H14N2O2/c21-17-12-8-4-5-9-13(12)18(22)16(17)15-10-14(19-20-15)11-6-2-1-3-7-11/h1-9,14,19,21H,10H2/t14-/m1/s1. The van der Waals surface area contributed by atoms with Gasteiger partial charge in [0.05, 0.1) is 17.3 Å². The second kappa shape index (κ2) is 4.84. The Morgan fingerprint density at radius 1 is 1.00 bits per heavy atom. The SMILES string of the molecule is O=C1C(C2=NN[C@@H](c3ccccc3)C2)=C(O)c2ccccc21. The van der Waals surface area contributed by atoms with Gasteiger partial charge in [-0.3, -0.25) is 4.79 Å². The van der Waals surface area contributed by atoms with Crippen LogP contribution in [-0.2, 0) is 0 Å². The van der Waals surface area contributed by atoms with Crippen LogP contribution in [0.4, 0.5) is 0 Å². The first-order valence-electron chi connectivity index (χ1n) is 7.20. The highest BCUT2D eigenvalue weighted by Crippen LogP contribution is 2.35. The van der Waals surface area contributed by atoms with Crippen molar-refractivity contribution >= 4 is 17.3 Å². The number of rotatable bonds is 2. The van der Waals surface area contributed by atoms with Gasteiger partial charge in [0.15, 0.2) is 5.78 Å². The Kier molecular flexibility index (Phi) is 2.82. The van der Waals surface area contributed by atoms with E-state index in [0.717, 1.165) is 5.56 Å². The summed E-state index contributed by atoms with van der Waals surface area (Å²) in [6.07, 6.45) is 0.586. The third-order valence-corrected chi connectivity index (χ3v) is 4.13. The maximum Gasteiger partial charge on any atom is 0.199 e. The molecule has 0 bridgehead atoms. The Bertz CT molecular complexity index is 822. The van der Waals surface area contributed by atoms with E-state index in [1.54, 1.807) is 18.2 Å². The molecule has 0 amide bonds. The Labute approximate surface area is 127 Å². The molecule has 2 N–H and O–H groups in total. The number of aliphatic hydroxyl groups excluding tert-OH is 1. The number of hydrogen-bond acceptors (Lipinski definition) is 4. The third-order valence-electron chi connectivity index (χ3n) is 4.13. The number of aliphatic hydroxyl groups is 1. The van der Waals surface area contributed by atoms with Crippen LogP contribution in [0.5, 0.6) is 0 Å². The molecule has 2 aromatic rings. The number of hydrazone groups is 1. The minimum absolute atomic E-state index is 0.0352. The maximum absolute atomic E-state index is 12.5. The lowest BCUT2D eigenvalue weighted by Crippen LogP contribution is -2.11. The number of hydrogen-bond donors (Lipinski definition) is 2. The van der Waals surface area contributed by atoms with Gasteiger partial charge in [-0.05, 0) is 5.56 Å². The van der Waals surface area contributed by atoms with Gasteiger partial charge >= 0.3 is 0 Å². The Morgan fingerprint density at radius 3 is 2.41 bits per heavy atom. The van der Waals surface area contributed by atoms with E-state index in [-0.39, 0.29) is 17.6 Å². The first-order valence-corrected chi connectivity index (χ1v) is 7.20. The van der Waals surface area contributed by atoms with Crippen LogP contribution in [0.2, 0.25) is 0 Å². The van der Waals surface area contributed by atoms with Crippen LogP contribution in [0.1, 0.15) is 33.9 Å². The molecular formula is C18H14N2O2. The monoisotopic (exact) mass is 290 g/mol. The van der Waals surface area contributed by atoms with Crippen LogP contribution >= 0.6 is 0 Å². The predicted octanol–water partition coefficient (Wildman–Crippen LogP) is 3.24. The number of fused-ring (bicyclic) bond motifs is 1. The molecular weight excluding hydrogens is 276 g/mol. The van der Waals surface area contributed by atoms with Crippen molar-refractivity contribution in [2.75, 3.05) is 0 Å². The molecule has 0 spiro atoms. The normalized spacial score (nSPS) is 19.9. The van der Waals surface area contributed by atoms with Crippen LogP contribution < -0.4 is 5.43 Å². The molecule has 2 aliphatic rings. The summed E-state index contributed by atoms with van der Waals surface area (Å²) in [5.74, 6) is -0.114. The molecule has 0 unspecified atom stereocenters. The topological polar surface area (TPSA) is 61.7 Å². The lowest BCUT2D eigenvalue weighted by atomic mass is 9.97. The van der Waals surface area contributed by atoms with E-state index < -0.39 is 0 Å². The third kappa shape index (κ3) is 1.84. The average Bonchev–Trinajstić information content (AvgIpc) is 3.13. The van der Waals surface area contributed by atoms with Gasteiger partial charge in [0.25, 0.3) is 0 Å². The molecule has 1 atom stereocenters. The van der Waals surface area contributed by atoms with E-state index in [0.29, 0.717) is 28.8 Å². The van der Waals surface area contributed by atoms with Crippen molar-refractivity contribution in [3.05, 3.63) is 76.9 Å². The van der Waals surface area contributed by atoms with Crippen molar-refractivity contribution < 1.29 is 9.90 Å². The zero-order valence-electron chi connectivity index (χ0n) is 11.8. The molecule has 1 heterocycles. The van der Waals surface area contributed by atoms with Crippen molar-refractivity contribution in [3.8, 4) is 0 Å². The predicted molar refractivity (Wildman–Crippen MR) is 84.7 cm³/mol. The van der Waals surface area contributed by atoms with E-state index >= 15 is 0 Å². The van der Waals surface area contributed by atoms with Gasteiger partial charge in [-0.25, -0.2) is 0 Å². The largest absolute Gasteiger partial charge is 0.506 e. The van der Waals surface area contributed by atoms with Gasteiger partial charge in [-0.15, -0.1) is 0 Å². The minimum Gasteiger partial charge on any atom is -0.506 e. The summed E-state index contributed by atoms with van der Waals surface area (Å²) in [6, 6.07) is 17.1. The van der Waals surface area contributed by atoms with Crippen LogP contribution in [0.15, 0.2) is 65.3 Å². The fourth-order valence-electron chi connectivity index (χ4n) is 3.01. The van der Waals surface area contributed by atoms with Crippen molar-refractivity contribution in [1.29, 1.82) is 0 Å². The molecule has 0 aromatic heterocycles. The quantitative estimate of drug-likeness (QED) is 0.892. The molecule has 4 heteroatoms. The Balaban J connectivity index is 1.65. The molecule has 108 valence electrons. The van der Waals surface area contributed by atoms with E-state index in [4.69, 9.17) is 0 Å². The molecule has 2 aromatic carbocycles. The number of Topliss-reactive ketones (excluding diaryl/α,β-unsaturated/α-hetero) is 1. The molecule has 4 rings (SSSR count). The fraction of sp³-hybridized carbons (Fsp3) is 0.111. The molecule has 1 aliphatic heterocycles. The molecule has 0 saturated carbocycles. The molecule has 4 nitrogen and oxygen atoms in total. The molecule has 0 saturated heterocycles. The van der Waals surface area contributed by atoms with Crippen molar-refractivity contribution in [2.45, 2.75) is 12.5 Å². The summed E-state index contributed by atoms with van der Waals surface area (Å²) in [6.45, 7) is 0. The maximum atomic E-state index is 12.5. The first kappa shape index (κ1) is 12.8. The number of benzene rings is 2. The zero-order chi connectivity index (χ0) is 15.1. The van der Waals surface area contributed by atoms with E-state index in [2.05, 4.69) is 10.5 Å². The van der Waals surface area contributed by atoms with Crippen molar-refractivity contribution in [3.63, 3.8) is 0 Å². The molecule has 22 heavy (non-hydrogen) atoms. The van der Waals surface area contributed by atoms with Gasteiger partial charge < -0.3 is 10.5 Å². The van der Waals surface area contributed by atoms with Crippen LogP contribution in [0.3, 0.4) is 0 Å². The van der Waals surface area contributed by atoms with Gasteiger partial charge in [0.2, 0.25) is 0 Å². The first-order chi connectivity index (χ1) is 10.8. The van der Waals surface area contributed by atoms with Crippen molar-refractivity contribution in [1.82, 2.24) is 5.43 Å². The minimum atomic E-state index is -0.151. The van der Waals surface area contributed by atoms with Crippen molar-refractivity contribution in [2.24, 2.45) is 5.10 Å². The summed E-state index contributed by atoms with van der Waals surface area (Å²) < 4.78 is 0. The van der Waals surface area contributed by atoms with E-state index in [9.17, 15) is 9.90 Å².